The molecule has 0 aliphatic carbocycles. The maximum absolute atomic E-state index is 5.33. The molecule has 0 unspecified atom stereocenters. The van der Waals surface area contributed by atoms with Gasteiger partial charge in [0.25, 0.3) is 0 Å². The Labute approximate surface area is 123 Å². The van der Waals surface area contributed by atoms with Crippen LogP contribution in [-0.2, 0) is 6.42 Å². The highest BCUT2D eigenvalue weighted by molar-refractivity contribution is 5.41. The Morgan fingerprint density at radius 2 is 1.90 bits per heavy atom. The molecular weight excluding hydrogens is 248 g/mol. The average molecular weight is 276 g/mol. The molecule has 0 atom stereocenters. The molecule has 0 amide bonds. The summed E-state index contributed by atoms with van der Waals surface area (Å²) in [6.07, 6.45) is 3.69. The summed E-state index contributed by atoms with van der Waals surface area (Å²) in [6, 6.07) is 4.30. The van der Waals surface area contributed by atoms with Crippen LogP contribution in [0, 0.1) is 13.8 Å². The van der Waals surface area contributed by atoms with Crippen molar-refractivity contribution in [2.24, 2.45) is 0 Å². The van der Waals surface area contributed by atoms with E-state index in [4.69, 9.17) is 4.74 Å². The first-order valence-corrected chi connectivity index (χ1v) is 7.78. The molecule has 20 heavy (non-hydrogen) atoms. The van der Waals surface area contributed by atoms with Crippen LogP contribution in [0.4, 0.5) is 0 Å². The fraction of sp³-hybridized carbons (Fsp3) is 0.647. The average Bonchev–Trinajstić information content (AvgIpc) is 2.70. The Bertz CT molecular complexity index is 400. The maximum atomic E-state index is 5.33. The molecule has 1 aromatic rings. The largest absolute Gasteiger partial charge is 0.497 e. The van der Waals surface area contributed by atoms with Crippen molar-refractivity contribution in [2.75, 3.05) is 39.8 Å². The third kappa shape index (κ3) is 4.22. The lowest BCUT2D eigenvalue weighted by atomic mass is 9.98. The lowest BCUT2D eigenvalue weighted by molar-refractivity contribution is 0.289. The van der Waals surface area contributed by atoms with E-state index in [9.17, 15) is 0 Å². The number of hydrogen-bond donors (Lipinski definition) is 1. The summed E-state index contributed by atoms with van der Waals surface area (Å²) >= 11 is 0. The molecule has 1 aromatic carbocycles. The second-order valence-electron chi connectivity index (χ2n) is 5.79. The van der Waals surface area contributed by atoms with E-state index < -0.39 is 0 Å². The summed E-state index contributed by atoms with van der Waals surface area (Å²) in [6.45, 7) is 10.4. The molecule has 0 spiro atoms. The van der Waals surface area contributed by atoms with Crippen molar-refractivity contribution >= 4 is 0 Å². The van der Waals surface area contributed by atoms with Gasteiger partial charge < -0.3 is 15.0 Å². The minimum Gasteiger partial charge on any atom is -0.497 e. The summed E-state index contributed by atoms with van der Waals surface area (Å²) in [4.78, 5) is 2.59. The standard InChI is InChI=1S/C17H28N2O/c1-14-12-16(20-3)13-15(2)17(14)6-4-9-19-10-5-7-18-8-11-19/h12-13,18H,4-11H2,1-3H3. The minimum absolute atomic E-state index is 0.974. The molecule has 1 saturated heterocycles. The number of nitrogens with one attached hydrogen (secondary N) is 1. The molecule has 0 saturated carbocycles. The van der Waals surface area contributed by atoms with Gasteiger partial charge in [0.2, 0.25) is 0 Å². The molecule has 1 aliphatic rings. The predicted molar refractivity (Wildman–Crippen MR) is 84.7 cm³/mol. The van der Waals surface area contributed by atoms with Crippen LogP contribution >= 0.6 is 0 Å². The van der Waals surface area contributed by atoms with Crippen LogP contribution < -0.4 is 10.1 Å². The molecule has 3 nitrogen and oxygen atoms in total. The van der Waals surface area contributed by atoms with E-state index in [0.29, 0.717) is 0 Å². The van der Waals surface area contributed by atoms with E-state index in [1.807, 2.05) is 0 Å². The Morgan fingerprint density at radius 1 is 1.15 bits per heavy atom. The lowest BCUT2D eigenvalue weighted by Gasteiger charge is -2.20. The monoisotopic (exact) mass is 276 g/mol. The van der Waals surface area contributed by atoms with Crippen LogP contribution in [0.25, 0.3) is 0 Å². The number of nitrogens with zero attached hydrogens (tertiary/aromatic N) is 1. The highest BCUT2D eigenvalue weighted by Crippen LogP contribution is 2.22. The van der Waals surface area contributed by atoms with E-state index in [2.05, 4.69) is 36.2 Å². The molecule has 3 heteroatoms. The topological polar surface area (TPSA) is 24.5 Å². The Balaban J connectivity index is 1.87. The quantitative estimate of drug-likeness (QED) is 0.894. The van der Waals surface area contributed by atoms with Gasteiger partial charge in [0, 0.05) is 13.1 Å². The van der Waals surface area contributed by atoms with Crippen LogP contribution in [0.5, 0.6) is 5.75 Å². The van der Waals surface area contributed by atoms with E-state index in [-0.39, 0.29) is 0 Å². The van der Waals surface area contributed by atoms with Crippen molar-refractivity contribution in [1.82, 2.24) is 10.2 Å². The zero-order valence-electron chi connectivity index (χ0n) is 13.2. The first kappa shape index (κ1) is 15.3. The maximum Gasteiger partial charge on any atom is 0.119 e. The number of rotatable bonds is 5. The number of ether oxygens (including phenoxy) is 1. The smallest absolute Gasteiger partial charge is 0.119 e. The second-order valence-corrected chi connectivity index (χ2v) is 5.79. The minimum atomic E-state index is 0.974. The third-order valence-electron chi connectivity index (χ3n) is 4.24. The van der Waals surface area contributed by atoms with E-state index in [0.717, 1.165) is 12.3 Å². The van der Waals surface area contributed by atoms with Gasteiger partial charge in [-0.3, -0.25) is 0 Å². The second kappa shape index (κ2) is 7.65. The Kier molecular flexibility index (Phi) is 5.86. The molecule has 0 bridgehead atoms. The SMILES string of the molecule is COc1cc(C)c(CCCN2CCCNCC2)c(C)c1. The van der Waals surface area contributed by atoms with Gasteiger partial charge in [0.1, 0.15) is 5.75 Å². The lowest BCUT2D eigenvalue weighted by Crippen LogP contribution is -2.29. The highest BCUT2D eigenvalue weighted by atomic mass is 16.5. The zero-order chi connectivity index (χ0) is 14.4. The molecule has 0 aromatic heterocycles. The summed E-state index contributed by atoms with van der Waals surface area (Å²) in [5.74, 6) is 0.974. The first-order valence-electron chi connectivity index (χ1n) is 7.78. The van der Waals surface area contributed by atoms with Gasteiger partial charge in [-0.1, -0.05) is 0 Å². The zero-order valence-corrected chi connectivity index (χ0v) is 13.2. The van der Waals surface area contributed by atoms with E-state index in [1.54, 1.807) is 7.11 Å². The predicted octanol–water partition coefficient (Wildman–Crippen LogP) is 2.54. The molecule has 1 heterocycles. The summed E-state index contributed by atoms with van der Waals surface area (Å²) in [5, 5.41) is 3.46. The van der Waals surface area contributed by atoms with Crippen molar-refractivity contribution in [3.63, 3.8) is 0 Å². The van der Waals surface area contributed by atoms with Crippen LogP contribution in [-0.4, -0.2) is 44.7 Å². The molecule has 112 valence electrons. The number of methoxy groups -OCH3 is 1. The van der Waals surface area contributed by atoms with Gasteiger partial charge in [0.05, 0.1) is 7.11 Å². The fourth-order valence-corrected chi connectivity index (χ4v) is 3.07. The van der Waals surface area contributed by atoms with Crippen LogP contribution in [0.15, 0.2) is 12.1 Å². The number of aryl methyl sites for hydroxylation is 2. The normalized spacial score (nSPS) is 16.9. The fourth-order valence-electron chi connectivity index (χ4n) is 3.07. The number of benzene rings is 1. The van der Waals surface area contributed by atoms with Crippen LogP contribution in [0.1, 0.15) is 29.5 Å². The summed E-state index contributed by atoms with van der Waals surface area (Å²) in [7, 11) is 1.74. The van der Waals surface area contributed by atoms with E-state index in [1.165, 1.54) is 62.1 Å². The van der Waals surface area contributed by atoms with E-state index >= 15 is 0 Å². The van der Waals surface area contributed by atoms with Crippen molar-refractivity contribution in [1.29, 1.82) is 0 Å². The first-order chi connectivity index (χ1) is 9.70. The van der Waals surface area contributed by atoms with Gasteiger partial charge >= 0.3 is 0 Å². The highest BCUT2D eigenvalue weighted by Gasteiger charge is 2.10. The van der Waals surface area contributed by atoms with Crippen molar-refractivity contribution in [2.45, 2.75) is 33.1 Å². The molecule has 2 rings (SSSR count). The molecule has 0 radical (unpaired) electrons. The van der Waals surface area contributed by atoms with Gasteiger partial charge in [0.15, 0.2) is 0 Å². The van der Waals surface area contributed by atoms with Crippen molar-refractivity contribution in [3.8, 4) is 5.75 Å². The molecule has 1 aliphatic heterocycles. The van der Waals surface area contributed by atoms with Crippen LogP contribution in [0.3, 0.4) is 0 Å². The Morgan fingerprint density at radius 3 is 2.60 bits per heavy atom. The third-order valence-corrected chi connectivity index (χ3v) is 4.24. The molecule has 1 fully saturated rings. The number of hydrogen-bond acceptors (Lipinski definition) is 3. The van der Waals surface area contributed by atoms with Gasteiger partial charge in [-0.15, -0.1) is 0 Å². The van der Waals surface area contributed by atoms with Gasteiger partial charge in [-0.2, -0.15) is 0 Å². The van der Waals surface area contributed by atoms with Crippen molar-refractivity contribution < 1.29 is 4.74 Å². The Hall–Kier alpha value is -1.06. The summed E-state index contributed by atoms with van der Waals surface area (Å²) in [5.41, 5.74) is 4.22. The molecular formula is C17H28N2O. The molecule has 1 N–H and O–H groups in total. The van der Waals surface area contributed by atoms with Gasteiger partial charge in [-0.25, -0.2) is 0 Å². The van der Waals surface area contributed by atoms with Crippen molar-refractivity contribution in [3.05, 3.63) is 28.8 Å². The van der Waals surface area contributed by atoms with Gasteiger partial charge in [-0.05, 0) is 81.6 Å². The van der Waals surface area contributed by atoms with Crippen LogP contribution in [0.2, 0.25) is 0 Å². The summed E-state index contributed by atoms with van der Waals surface area (Å²) < 4.78 is 5.33.